The van der Waals surface area contributed by atoms with Crippen LogP contribution in [0.4, 0.5) is 0 Å². The summed E-state index contributed by atoms with van der Waals surface area (Å²) in [6.45, 7) is 22.3. The molecule has 15 nitrogen and oxygen atoms in total. The predicted molar refractivity (Wildman–Crippen MR) is 212 cm³/mol. The van der Waals surface area contributed by atoms with Crippen molar-refractivity contribution < 1.29 is 72.3 Å². The number of carbonyl (C=O) groups is 3. The minimum Gasteiger partial charge on any atom is -0.545 e. The van der Waals surface area contributed by atoms with E-state index in [9.17, 15) is 29.7 Å². The Labute approximate surface area is 352 Å². The topological polar surface area (TPSA) is 203 Å². The molecule has 0 N–H and O–H groups in total. The number of hydrogen-bond acceptors (Lipinski definition) is 15. The molecule has 0 aromatic heterocycles. The Morgan fingerprint density at radius 3 is 0.690 bits per heavy atom. The quantitative estimate of drug-likeness (QED) is 0.162. The van der Waals surface area contributed by atoms with Gasteiger partial charge in [-0.1, -0.05) is 0 Å². The SMILES string of the molecule is COc1c(C(=O)[O-])ccc(OC(C)C)c1OC(C)C.COc1c(C(=O)[O-])ccc(OC(C)C)c1OC(C)C.COc1c(C(=O)[O-])ccc(OC(C)C)c1OC(C)C.[Al+3]. The van der Waals surface area contributed by atoms with Gasteiger partial charge in [0.05, 0.1) is 75.9 Å². The Kier molecular flexibility index (Phi) is 23.0. The fourth-order valence-electron chi connectivity index (χ4n) is 4.81. The Hall–Kier alpha value is -5.20. The molecule has 0 radical (unpaired) electrons. The number of rotatable bonds is 18. The fourth-order valence-corrected chi connectivity index (χ4v) is 4.81. The van der Waals surface area contributed by atoms with E-state index in [0.717, 1.165) is 0 Å². The molecule has 0 bridgehead atoms. The van der Waals surface area contributed by atoms with E-state index in [4.69, 9.17) is 42.6 Å². The first-order valence-electron chi connectivity index (χ1n) is 18.4. The van der Waals surface area contributed by atoms with E-state index in [1.807, 2.05) is 83.1 Å². The van der Waals surface area contributed by atoms with Crippen LogP contribution in [0.5, 0.6) is 51.7 Å². The first kappa shape index (κ1) is 52.8. The molecule has 3 aromatic carbocycles. The second kappa shape index (κ2) is 25.2. The number of carboxylic acids is 3. The molecule has 16 heteroatoms. The van der Waals surface area contributed by atoms with Crippen LogP contribution in [0.1, 0.15) is 114 Å². The molecule has 0 heterocycles. The normalized spacial score (nSPS) is 10.5. The number of carboxylic acid groups (broad SMARTS) is 3. The fraction of sp³-hybridized carbons (Fsp3) is 0.500. The van der Waals surface area contributed by atoms with Crippen LogP contribution < -0.4 is 58.0 Å². The van der Waals surface area contributed by atoms with Gasteiger partial charge in [0, 0.05) is 16.7 Å². The maximum Gasteiger partial charge on any atom is 3.00 e. The van der Waals surface area contributed by atoms with Gasteiger partial charge in [-0.05, 0) is 119 Å². The van der Waals surface area contributed by atoms with Crippen LogP contribution in [0.25, 0.3) is 0 Å². The molecule has 0 aliphatic rings. The third-order valence-corrected chi connectivity index (χ3v) is 6.65. The summed E-state index contributed by atoms with van der Waals surface area (Å²) in [6.07, 6.45) is -0.602. The van der Waals surface area contributed by atoms with Crippen LogP contribution in [0.15, 0.2) is 36.4 Å². The molecule has 0 aliphatic carbocycles. The van der Waals surface area contributed by atoms with Gasteiger partial charge in [-0.25, -0.2) is 0 Å². The number of carbonyl (C=O) groups excluding carboxylic acids is 3. The van der Waals surface area contributed by atoms with Gasteiger partial charge in [-0.3, -0.25) is 0 Å². The molecule has 0 amide bonds. The third-order valence-electron chi connectivity index (χ3n) is 6.65. The van der Waals surface area contributed by atoms with E-state index in [0.29, 0.717) is 17.2 Å². The maximum atomic E-state index is 11.1. The van der Waals surface area contributed by atoms with Crippen molar-refractivity contribution >= 4 is 35.3 Å². The van der Waals surface area contributed by atoms with E-state index >= 15 is 0 Å². The van der Waals surface area contributed by atoms with Crippen molar-refractivity contribution in [1.82, 2.24) is 0 Å². The molecule has 0 fully saturated rings. The summed E-state index contributed by atoms with van der Waals surface area (Å²) in [7, 11) is 4.15. The van der Waals surface area contributed by atoms with Crippen LogP contribution in [0, 0.1) is 0 Å². The van der Waals surface area contributed by atoms with E-state index in [-0.39, 0.29) is 105 Å². The van der Waals surface area contributed by atoms with Gasteiger partial charge in [-0.15, -0.1) is 0 Å². The third kappa shape index (κ3) is 16.3. The van der Waals surface area contributed by atoms with Crippen LogP contribution in [0.2, 0.25) is 0 Å². The first-order valence-corrected chi connectivity index (χ1v) is 18.4. The first-order chi connectivity index (χ1) is 26.6. The Morgan fingerprint density at radius 2 is 0.552 bits per heavy atom. The van der Waals surface area contributed by atoms with Gasteiger partial charge < -0.3 is 72.3 Å². The second-order valence-corrected chi connectivity index (χ2v) is 13.8. The maximum absolute atomic E-state index is 11.1. The summed E-state index contributed by atoms with van der Waals surface area (Å²) in [5.74, 6) is -1.40. The van der Waals surface area contributed by atoms with Gasteiger partial charge in [0.2, 0.25) is 17.2 Å². The second-order valence-electron chi connectivity index (χ2n) is 13.8. The summed E-state index contributed by atoms with van der Waals surface area (Å²) in [4.78, 5) is 33.2. The van der Waals surface area contributed by atoms with Gasteiger partial charge in [0.25, 0.3) is 0 Å². The Balaban J connectivity index is 0.000000833. The van der Waals surface area contributed by atoms with Crippen molar-refractivity contribution in [3.63, 3.8) is 0 Å². The molecule has 0 unspecified atom stereocenters. The van der Waals surface area contributed by atoms with Crippen LogP contribution in [0.3, 0.4) is 0 Å². The molecular formula is C42H57AlO15. The van der Waals surface area contributed by atoms with Crippen molar-refractivity contribution in [2.24, 2.45) is 0 Å². The van der Waals surface area contributed by atoms with Gasteiger partial charge in [0.15, 0.2) is 34.5 Å². The van der Waals surface area contributed by atoms with Crippen LogP contribution in [-0.4, -0.2) is 93.2 Å². The zero-order chi connectivity index (χ0) is 43.7. The monoisotopic (exact) mass is 828 g/mol. The van der Waals surface area contributed by atoms with Crippen molar-refractivity contribution in [3.05, 3.63) is 53.1 Å². The Morgan fingerprint density at radius 1 is 0.362 bits per heavy atom. The predicted octanol–water partition coefficient (Wildman–Crippen LogP) is 4.52. The number of aromatic carboxylic acids is 3. The van der Waals surface area contributed by atoms with Gasteiger partial charge in [0.1, 0.15) is 0 Å². The van der Waals surface area contributed by atoms with Gasteiger partial charge >= 0.3 is 17.4 Å². The molecule has 0 spiro atoms. The van der Waals surface area contributed by atoms with E-state index < -0.39 is 17.9 Å². The summed E-state index contributed by atoms with van der Waals surface area (Å²) >= 11 is 0. The van der Waals surface area contributed by atoms with Crippen molar-refractivity contribution in [2.75, 3.05) is 21.3 Å². The number of hydrogen-bond donors (Lipinski definition) is 0. The van der Waals surface area contributed by atoms with Crippen LogP contribution in [-0.2, 0) is 0 Å². The molecule has 3 rings (SSSR count). The van der Waals surface area contributed by atoms with Crippen molar-refractivity contribution in [2.45, 2.75) is 120 Å². The number of ether oxygens (including phenoxy) is 9. The standard InChI is InChI=1S/3C14H20O5.Al/c3*1-8(2)18-11-7-6-10(14(15)16)12(17-5)13(11)19-9(3)4;/h3*6-9H,1-5H3,(H,15,16);/q;;;+3/p-3. The molecule has 0 aliphatic heterocycles. The molecular weight excluding hydrogens is 771 g/mol. The molecule has 318 valence electrons. The van der Waals surface area contributed by atoms with Crippen LogP contribution >= 0.6 is 0 Å². The van der Waals surface area contributed by atoms with E-state index in [1.165, 1.54) is 39.5 Å². The molecule has 0 saturated heterocycles. The zero-order valence-electron chi connectivity index (χ0n) is 36.1. The molecule has 0 atom stereocenters. The Bertz CT molecular complexity index is 1560. The average molecular weight is 829 g/mol. The van der Waals surface area contributed by atoms with Crippen molar-refractivity contribution in [3.8, 4) is 51.7 Å². The minimum atomic E-state index is -1.32. The average Bonchev–Trinajstić information content (AvgIpc) is 3.09. The van der Waals surface area contributed by atoms with E-state index in [2.05, 4.69) is 0 Å². The largest absolute Gasteiger partial charge is 3.00 e. The smallest absolute Gasteiger partial charge is 0.545 e. The number of methoxy groups -OCH3 is 3. The summed E-state index contributed by atoms with van der Waals surface area (Å²) in [5.41, 5.74) is -0.183. The van der Waals surface area contributed by atoms with E-state index in [1.54, 1.807) is 18.2 Å². The molecule has 0 saturated carbocycles. The number of benzene rings is 3. The zero-order valence-corrected chi connectivity index (χ0v) is 37.3. The molecule has 58 heavy (non-hydrogen) atoms. The minimum absolute atomic E-state index is 0. The van der Waals surface area contributed by atoms with Gasteiger partial charge in [-0.2, -0.15) is 0 Å². The summed E-state index contributed by atoms with van der Waals surface area (Å²) in [6, 6.07) is 8.80. The van der Waals surface area contributed by atoms with Crippen molar-refractivity contribution in [1.29, 1.82) is 0 Å². The summed E-state index contributed by atoms with van der Waals surface area (Å²) < 4.78 is 49.1. The molecule has 3 aromatic rings. The summed E-state index contributed by atoms with van der Waals surface area (Å²) in [5, 5.41) is 33.2.